The summed E-state index contributed by atoms with van der Waals surface area (Å²) >= 11 is 0. The van der Waals surface area contributed by atoms with E-state index in [1.54, 1.807) is 0 Å². The molecule has 0 rings (SSSR count). The van der Waals surface area contributed by atoms with E-state index >= 15 is 0 Å². The average molecular weight is 361 g/mol. The summed E-state index contributed by atoms with van der Waals surface area (Å²) in [6, 6.07) is 0. The van der Waals surface area contributed by atoms with E-state index in [1.807, 2.05) is 0 Å². The Morgan fingerprint density at radius 3 is 0.909 bits per heavy atom. The van der Waals surface area contributed by atoms with Crippen LogP contribution in [-0.4, -0.2) is 18.5 Å². The third kappa shape index (κ3) is 18.3. The van der Waals surface area contributed by atoms with Gasteiger partial charge in [-0.1, -0.05) is 0 Å². The molecule has 0 amide bonds. The minimum absolute atomic E-state index is 0. The third-order valence-electron chi connectivity index (χ3n) is 1.50. The van der Waals surface area contributed by atoms with E-state index in [0.717, 1.165) is 0 Å². The maximum absolute atomic E-state index is 2.31. The Bertz CT molecular complexity index is 31.0. The largest absolute Gasteiger partial charge is 3.00 e. The second kappa shape index (κ2) is 22.5. The van der Waals surface area contributed by atoms with Gasteiger partial charge in [0, 0.05) is 0 Å². The van der Waals surface area contributed by atoms with Crippen LogP contribution in [0.25, 0.3) is 0 Å². The van der Waals surface area contributed by atoms with Crippen LogP contribution in [0.15, 0.2) is 0 Å². The normalized spacial score (nSPS) is 6.55. The van der Waals surface area contributed by atoms with Crippen molar-refractivity contribution in [2.45, 2.75) is 20.8 Å². The summed E-state index contributed by atoms with van der Waals surface area (Å²) < 4.78 is 0. The summed E-state index contributed by atoms with van der Waals surface area (Å²) in [4.78, 5) is 0. The Kier molecular flexibility index (Phi) is 60.3. The molecule has 0 N–H and O–H groups in total. The van der Waals surface area contributed by atoms with Crippen molar-refractivity contribution in [2.24, 2.45) is 0 Å². The smallest absolute Gasteiger partial charge is 0.358 e. The average Bonchev–Trinajstić information content (AvgIpc) is 1.72. The Labute approximate surface area is 91.8 Å². The zero-order valence-electron chi connectivity index (χ0n) is 8.92. The second-order valence-electron chi connectivity index (χ2n) is 1.81. The molecule has 0 bridgehead atoms. The SMILES string of the molecule is CC[PH+](CC)CC.[Au+3].[CH3-].[CH3-].[CH3-]. The van der Waals surface area contributed by atoms with Crippen molar-refractivity contribution in [3.8, 4) is 0 Å². The molecule has 0 unspecified atom stereocenters. The molecule has 0 aliphatic rings. The second-order valence-corrected chi connectivity index (χ2v) is 5.43. The van der Waals surface area contributed by atoms with Crippen molar-refractivity contribution in [1.82, 2.24) is 0 Å². The van der Waals surface area contributed by atoms with Crippen molar-refractivity contribution in [3.63, 3.8) is 0 Å². The van der Waals surface area contributed by atoms with E-state index in [0.29, 0.717) is 0 Å². The molecule has 76 valence electrons. The number of rotatable bonds is 3. The van der Waals surface area contributed by atoms with E-state index in [1.165, 1.54) is 18.5 Å². The van der Waals surface area contributed by atoms with Crippen LogP contribution < -0.4 is 0 Å². The summed E-state index contributed by atoms with van der Waals surface area (Å²) in [7, 11) is 0.137. The van der Waals surface area contributed by atoms with Crippen LogP contribution in [0.4, 0.5) is 0 Å². The molecule has 0 aromatic heterocycles. The van der Waals surface area contributed by atoms with Gasteiger partial charge in [0.15, 0.2) is 0 Å². The van der Waals surface area contributed by atoms with Gasteiger partial charge < -0.3 is 22.3 Å². The Balaban J connectivity index is -0.0000000300. The van der Waals surface area contributed by atoms with Crippen LogP contribution in [0.5, 0.6) is 0 Å². The van der Waals surface area contributed by atoms with Gasteiger partial charge in [0.1, 0.15) is 0 Å². The van der Waals surface area contributed by atoms with Gasteiger partial charge in [-0.2, -0.15) is 0 Å². The van der Waals surface area contributed by atoms with Crippen LogP contribution in [0.3, 0.4) is 0 Å². The first-order valence-corrected chi connectivity index (χ1v) is 5.30. The molecule has 2 heteroatoms. The molecule has 0 spiro atoms. The molecule has 0 aliphatic carbocycles. The van der Waals surface area contributed by atoms with Gasteiger partial charge in [-0.15, -0.1) is 0 Å². The van der Waals surface area contributed by atoms with Crippen molar-refractivity contribution < 1.29 is 22.4 Å². The molecule has 0 aromatic carbocycles. The van der Waals surface area contributed by atoms with Crippen molar-refractivity contribution >= 4 is 7.92 Å². The predicted octanol–water partition coefficient (Wildman–Crippen LogP) is 3.61. The first kappa shape index (κ1) is 29.5. The quantitative estimate of drug-likeness (QED) is 0.409. The third-order valence-corrected chi connectivity index (χ3v) is 4.50. The molecule has 0 fully saturated rings. The summed E-state index contributed by atoms with van der Waals surface area (Å²) in [5.41, 5.74) is 0. The Morgan fingerprint density at radius 1 is 0.727 bits per heavy atom. The van der Waals surface area contributed by atoms with Crippen LogP contribution >= 0.6 is 7.92 Å². The summed E-state index contributed by atoms with van der Waals surface area (Å²) in [6.07, 6.45) is 4.37. The fourth-order valence-electron chi connectivity index (χ4n) is 0.750. The minimum Gasteiger partial charge on any atom is -0.358 e. The standard InChI is InChI=1S/C6H15P.3CH3.Au/c1-4-7(5-2)6-3;;;;/h4-6H2,1-3H3;3*1H3;/q;3*-1;+3/p+1. The van der Waals surface area contributed by atoms with E-state index in [-0.39, 0.29) is 52.6 Å². The van der Waals surface area contributed by atoms with Crippen LogP contribution in [0, 0.1) is 22.3 Å². The van der Waals surface area contributed by atoms with Crippen LogP contribution in [-0.2, 0) is 22.4 Å². The van der Waals surface area contributed by atoms with Gasteiger partial charge in [0.25, 0.3) is 0 Å². The summed E-state index contributed by atoms with van der Waals surface area (Å²) in [6.45, 7) is 6.92. The van der Waals surface area contributed by atoms with Crippen molar-refractivity contribution in [2.75, 3.05) is 18.5 Å². The molecule has 0 saturated carbocycles. The molecule has 0 aliphatic heterocycles. The molecule has 0 atom stereocenters. The Morgan fingerprint density at radius 2 is 0.909 bits per heavy atom. The van der Waals surface area contributed by atoms with Gasteiger partial charge in [0.2, 0.25) is 0 Å². The van der Waals surface area contributed by atoms with E-state index in [4.69, 9.17) is 0 Å². The predicted molar refractivity (Wildman–Crippen MR) is 59.2 cm³/mol. The summed E-state index contributed by atoms with van der Waals surface area (Å²) in [5, 5.41) is 0. The molecular formula is C9H25AuP+. The van der Waals surface area contributed by atoms with Crippen molar-refractivity contribution in [3.05, 3.63) is 22.3 Å². The maximum atomic E-state index is 2.31. The van der Waals surface area contributed by atoms with E-state index in [9.17, 15) is 0 Å². The Hall–Kier alpha value is 1.17. The van der Waals surface area contributed by atoms with Crippen LogP contribution in [0.2, 0.25) is 0 Å². The minimum atomic E-state index is 0. The van der Waals surface area contributed by atoms with Crippen LogP contribution in [0.1, 0.15) is 20.8 Å². The zero-order chi connectivity index (χ0) is 5.70. The van der Waals surface area contributed by atoms with Gasteiger partial charge in [-0.25, -0.2) is 0 Å². The van der Waals surface area contributed by atoms with Gasteiger partial charge in [-0.3, -0.25) is 0 Å². The van der Waals surface area contributed by atoms with E-state index < -0.39 is 0 Å². The van der Waals surface area contributed by atoms with E-state index in [2.05, 4.69) is 20.8 Å². The first-order chi connectivity index (χ1) is 3.35. The topological polar surface area (TPSA) is 0 Å². The van der Waals surface area contributed by atoms with Crippen molar-refractivity contribution in [1.29, 1.82) is 0 Å². The fourth-order valence-corrected chi connectivity index (χ4v) is 2.25. The van der Waals surface area contributed by atoms with Gasteiger partial charge in [0.05, 0.1) is 18.5 Å². The molecule has 0 saturated heterocycles. The van der Waals surface area contributed by atoms with Gasteiger partial charge in [-0.05, 0) is 28.7 Å². The number of hydrogen-bond donors (Lipinski definition) is 0. The van der Waals surface area contributed by atoms with Gasteiger partial charge >= 0.3 is 22.4 Å². The molecule has 0 nitrogen and oxygen atoms in total. The molecule has 0 aromatic rings. The monoisotopic (exact) mass is 361 g/mol. The maximum Gasteiger partial charge on any atom is 3.00 e. The zero-order valence-corrected chi connectivity index (χ0v) is 12.1. The molecule has 11 heavy (non-hydrogen) atoms. The number of hydrogen-bond acceptors (Lipinski definition) is 0. The summed E-state index contributed by atoms with van der Waals surface area (Å²) in [5.74, 6) is 0. The molecule has 0 radical (unpaired) electrons. The first-order valence-electron chi connectivity index (χ1n) is 3.18. The molecular weight excluding hydrogens is 336 g/mol. The fraction of sp³-hybridized carbons (Fsp3) is 0.667. The molecule has 0 heterocycles.